The zero-order chi connectivity index (χ0) is 17.6. The van der Waals surface area contributed by atoms with Crippen molar-refractivity contribution in [3.8, 4) is 0 Å². The smallest absolute Gasteiger partial charge is 0.341 e. The fraction of sp³-hybridized carbons (Fsp3) is 0.526. The number of likely N-dealkylation sites (tertiary alicyclic amines) is 1. The molecule has 0 spiro atoms. The summed E-state index contributed by atoms with van der Waals surface area (Å²) < 4.78 is 3.05. The van der Waals surface area contributed by atoms with Crippen LogP contribution in [0.5, 0.6) is 0 Å². The van der Waals surface area contributed by atoms with Gasteiger partial charge in [-0.15, -0.1) is 0 Å². The van der Waals surface area contributed by atoms with Gasteiger partial charge in [0.25, 0.3) is 0 Å². The van der Waals surface area contributed by atoms with E-state index in [2.05, 4.69) is 12.0 Å². The van der Waals surface area contributed by atoms with Gasteiger partial charge in [0.15, 0.2) is 0 Å². The van der Waals surface area contributed by atoms with E-state index >= 15 is 0 Å². The van der Waals surface area contributed by atoms with Gasteiger partial charge in [-0.1, -0.05) is 43.7 Å². The third-order valence-electron chi connectivity index (χ3n) is 4.68. The molecule has 1 amide bonds. The number of unbranched alkanes of at least 4 members (excludes halogenated alkanes) is 1. The predicted octanol–water partition coefficient (Wildman–Crippen LogP) is 2.06. The van der Waals surface area contributed by atoms with E-state index in [1.54, 1.807) is 4.57 Å². The van der Waals surface area contributed by atoms with Crippen LogP contribution in [0.2, 0.25) is 0 Å². The van der Waals surface area contributed by atoms with Crippen LogP contribution in [0.4, 0.5) is 0 Å². The second-order valence-corrected chi connectivity index (χ2v) is 6.62. The average Bonchev–Trinajstić information content (AvgIpc) is 3.25. The van der Waals surface area contributed by atoms with Gasteiger partial charge in [-0.05, 0) is 24.8 Å². The van der Waals surface area contributed by atoms with Crippen molar-refractivity contribution in [1.82, 2.24) is 19.2 Å². The van der Waals surface area contributed by atoms with Gasteiger partial charge in [0.05, 0.1) is 6.54 Å². The zero-order valence-corrected chi connectivity index (χ0v) is 14.9. The minimum atomic E-state index is -0.192. The highest BCUT2D eigenvalue weighted by atomic mass is 16.2. The molecular weight excluding hydrogens is 316 g/mol. The Kier molecular flexibility index (Phi) is 5.68. The summed E-state index contributed by atoms with van der Waals surface area (Å²) in [6.07, 6.45) is 4.86. The van der Waals surface area contributed by atoms with Crippen LogP contribution in [0.15, 0.2) is 35.1 Å². The topological polar surface area (TPSA) is 60.1 Å². The molecule has 1 aromatic heterocycles. The first kappa shape index (κ1) is 17.5. The average molecular weight is 342 g/mol. The highest BCUT2D eigenvalue weighted by molar-refractivity contribution is 5.76. The number of carbonyl (C=O) groups is 1. The van der Waals surface area contributed by atoms with E-state index in [-0.39, 0.29) is 18.1 Å². The molecule has 0 bridgehead atoms. The second kappa shape index (κ2) is 8.14. The van der Waals surface area contributed by atoms with E-state index in [0.717, 1.165) is 56.6 Å². The fourth-order valence-corrected chi connectivity index (χ4v) is 3.23. The number of aryl methyl sites for hydroxylation is 1. The molecule has 1 aliphatic heterocycles. The summed E-state index contributed by atoms with van der Waals surface area (Å²) in [4.78, 5) is 27.0. The number of nitrogens with zero attached hydrogens (tertiary/aromatic N) is 4. The summed E-state index contributed by atoms with van der Waals surface area (Å²) >= 11 is 0. The van der Waals surface area contributed by atoms with Crippen molar-refractivity contribution in [1.29, 1.82) is 0 Å². The van der Waals surface area contributed by atoms with Gasteiger partial charge in [0.2, 0.25) is 5.91 Å². The Morgan fingerprint density at radius 3 is 2.56 bits per heavy atom. The van der Waals surface area contributed by atoms with E-state index in [4.69, 9.17) is 0 Å². The summed E-state index contributed by atoms with van der Waals surface area (Å²) in [7, 11) is 0. The molecule has 0 saturated carbocycles. The lowest BCUT2D eigenvalue weighted by Crippen LogP contribution is -2.35. The van der Waals surface area contributed by atoms with Crippen LogP contribution in [0.25, 0.3) is 0 Å². The summed E-state index contributed by atoms with van der Waals surface area (Å²) in [6, 6.07) is 9.90. The van der Waals surface area contributed by atoms with Crippen molar-refractivity contribution >= 4 is 5.91 Å². The lowest BCUT2D eigenvalue weighted by Gasteiger charge is -2.14. The summed E-state index contributed by atoms with van der Waals surface area (Å²) in [6.45, 7) is 4.24. The van der Waals surface area contributed by atoms with Crippen molar-refractivity contribution in [3.05, 3.63) is 52.2 Å². The van der Waals surface area contributed by atoms with Crippen molar-refractivity contribution in [2.75, 3.05) is 13.1 Å². The lowest BCUT2D eigenvalue weighted by atomic mass is 10.2. The number of amides is 1. The summed E-state index contributed by atoms with van der Waals surface area (Å²) in [5.41, 5.74) is 0.871. The molecule has 6 heteroatoms. The number of hydrogen-bond donors (Lipinski definition) is 0. The van der Waals surface area contributed by atoms with Crippen molar-refractivity contribution < 1.29 is 4.79 Å². The van der Waals surface area contributed by atoms with E-state index in [1.807, 2.05) is 35.2 Å². The number of benzene rings is 1. The first-order valence-corrected chi connectivity index (χ1v) is 9.17. The molecule has 1 aliphatic rings. The van der Waals surface area contributed by atoms with Crippen molar-refractivity contribution in [2.24, 2.45) is 0 Å². The Balaban J connectivity index is 1.83. The number of hydrogen-bond acceptors (Lipinski definition) is 3. The van der Waals surface area contributed by atoms with E-state index in [1.165, 1.54) is 4.68 Å². The zero-order valence-electron chi connectivity index (χ0n) is 14.9. The second-order valence-electron chi connectivity index (χ2n) is 6.62. The normalized spacial score (nSPS) is 14.2. The molecule has 1 aromatic carbocycles. The van der Waals surface area contributed by atoms with Gasteiger partial charge in [0.1, 0.15) is 12.4 Å². The van der Waals surface area contributed by atoms with Gasteiger partial charge in [-0.3, -0.25) is 9.36 Å². The van der Waals surface area contributed by atoms with Gasteiger partial charge in [0, 0.05) is 19.5 Å². The summed E-state index contributed by atoms with van der Waals surface area (Å²) in [5, 5.41) is 4.47. The molecule has 6 nitrogen and oxygen atoms in total. The van der Waals surface area contributed by atoms with E-state index in [0.29, 0.717) is 6.54 Å². The predicted molar refractivity (Wildman–Crippen MR) is 96.5 cm³/mol. The Bertz CT molecular complexity index is 757. The van der Waals surface area contributed by atoms with Crippen LogP contribution in [0.3, 0.4) is 0 Å². The van der Waals surface area contributed by atoms with Crippen LogP contribution in [-0.2, 0) is 24.3 Å². The largest absolute Gasteiger partial charge is 0.346 e. The van der Waals surface area contributed by atoms with Crippen LogP contribution in [-0.4, -0.2) is 38.2 Å². The highest BCUT2D eigenvalue weighted by Gasteiger charge is 2.21. The van der Waals surface area contributed by atoms with Crippen LogP contribution in [0.1, 0.15) is 44.0 Å². The number of aromatic nitrogens is 3. The standard InChI is InChI=1S/C19H26N4O2/c1-2-3-11-17-20-23(15-18(24)21-12-7-8-13-21)19(25)22(17)14-16-9-5-4-6-10-16/h4-6,9-10H,2-3,7-8,11-15H2,1H3. The van der Waals surface area contributed by atoms with E-state index in [9.17, 15) is 9.59 Å². The van der Waals surface area contributed by atoms with Gasteiger partial charge < -0.3 is 4.90 Å². The third-order valence-corrected chi connectivity index (χ3v) is 4.68. The molecule has 0 aliphatic carbocycles. The van der Waals surface area contributed by atoms with Crippen LogP contribution in [0, 0.1) is 0 Å². The molecule has 3 rings (SSSR count). The minimum Gasteiger partial charge on any atom is -0.341 e. The molecule has 0 atom stereocenters. The Hall–Kier alpha value is -2.37. The molecule has 25 heavy (non-hydrogen) atoms. The first-order valence-electron chi connectivity index (χ1n) is 9.17. The van der Waals surface area contributed by atoms with Crippen molar-refractivity contribution in [2.45, 2.75) is 52.1 Å². The van der Waals surface area contributed by atoms with Crippen LogP contribution >= 0.6 is 0 Å². The van der Waals surface area contributed by atoms with Gasteiger partial charge in [-0.25, -0.2) is 9.48 Å². The Morgan fingerprint density at radius 1 is 1.16 bits per heavy atom. The quantitative estimate of drug-likeness (QED) is 0.774. The monoisotopic (exact) mass is 342 g/mol. The van der Waals surface area contributed by atoms with E-state index < -0.39 is 0 Å². The Morgan fingerprint density at radius 2 is 1.88 bits per heavy atom. The third kappa shape index (κ3) is 4.18. The maximum Gasteiger partial charge on any atom is 0.346 e. The minimum absolute atomic E-state index is 0.00833. The molecule has 0 radical (unpaired) electrons. The lowest BCUT2D eigenvalue weighted by molar-refractivity contribution is -0.131. The molecule has 2 aromatic rings. The molecule has 1 fully saturated rings. The SMILES string of the molecule is CCCCc1nn(CC(=O)N2CCCC2)c(=O)n1Cc1ccccc1. The molecular formula is C19H26N4O2. The van der Waals surface area contributed by atoms with Crippen molar-refractivity contribution in [3.63, 3.8) is 0 Å². The number of rotatable bonds is 7. The molecule has 0 unspecified atom stereocenters. The fourth-order valence-electron chi connectivity index (χ4n) is 3.23. The summed E-state index contributed by atoms with van der Waals surface area (Å²) in [5.74, 6) is 0.760. The molecule has 1 saturated heterocycles. The van der Waals surface area contributed by atoms with Crippen LogP contribution < -0.4 is 5.69 Å². The molecule has 2 heterocycles. The maximum absolute atomic E-state index is 12.8. The Labute approximate surface area is 148 Å². The van der Waals surface area contributed by atoms with Gasteiger partial charge in [-0.2, -0.15) is 5.10 Å². The molecule has 134 valence electrons. The first-order chi connectivity index (χ1) is 12.2. The number of carbonyl (C=O) groups excluding carboxylic acids is 1. The maximum atomic E-state index is 12.8. The highest BCUT2D eigenvalue weighted by Crippen LogP contribution is 2.09. The molecule has 0 N–H and O–H groups in total. The van der Waals surface area contributed by atoms with Gasteiger partial charge >= 0.3 is 5.69 Å².